The van der Waals surface area contributed by atoms with Crippen molar-refractivity contribution in [3.63, 3.8) is 0 Å². The molecule has 1 aliphatic rings. The third kappa shape index (κ3) is 3.51. The summed E-state index contributed by atoms with van der Waals surface area (Å²) >= 11 is 0. The molecule has 0 saturated heterocycles. The number of carbonyl (C=O) groups excluding carboxylic acids is 1. The molecule has 3 rings (SSSR count). The van der Waals surface area contributed by atoms with Crippen molar-refractivity contribution in [2.75, 3.05) is 6.54 Å². The lowest BCUT2D eigenvalue weighted by atomic mass is 9.83. The van der Waals surface area contributed by atoms with Gasteiger partial charge in [-0.15, -0.1) is 12.4 Å². The van der Waals surface area contributed by atoms with Crippen molar-refractivity contribution in [1.29, 1.82) is 0 Å². The van der Waals surface area contributed by atoms with Crippen LogP contribution >= 0.6 is 12.4 Å². The zero-order valence-electron chi connectivity index (χ0n) is 12.4. The summed E-state index contributed by atoms with van der Waals surface area (Å²) in [6.45, 7) is 0.974. The molecule has 0 aliphatic heterocycles. The molecule has 1 atom stereocenters. The highest BCUT2D eigenvalue weighted by molar-refractivity contribution is 5.94. The lowest BCUT2D eigenvalue weighted by Gasteiger charge is -2.25. The molecule has 0 spiro atoms. The van der Waals surface area contributed by atoms with Crippen molar-refractivity contribution in [2.45, 2.75) is 31.7 Å². The van der Waals surface area contributed by atoms with E-state index in [0.29, 0.717) is 30.3 Å². The number of hydrogen-bond donors (Lipinski definition) is 2. The Labute approximate surface area is 136 Å². The van der Waals surface area contributed by atoms with Crippen LogP contribution in [-0.4, -0.2) is 12.5 Å². The van der Waals surface area contributed by atoms with Gasteiger partial charge >= 0.3 is 0 Å². The molecular formula is C17H21ClN2O2. The first-order chi connectivity index (χ1) is 10.3. The normalized spacial score (nSPS) is 16.5. The number of carbonyl (C=O) groups is 1. The van der Waals surface area contributed by atoms with Gasteiger partial charge in [-0.3, -0.25) is 4.79 Å². The predicted molar refractivity (Wildman–Crippen MR) is 88.3 cm³/mol. The van der Waals surface area contributed by atoms with Crippen molar-refractivity contribution >= 4 is 18.3 Å². The second-order valence-electron chi connectivity index (χ2n) is 5.50. The Kier molecular flexibility index (Phi) is 5.63. The lowest BCUT2D eigenvalue weighted by molar-refractivity contribution is 0.0949. The molecule has 1 aliphatic carbocycles. The third-order valence-electron chi connectivity index (χ3n) is 4.12. The van der Waals surface area contributed by atoms with E-state index in [0.717, 1.165) is 12.8 Å². The number of benzene rings is 1. The number of fused-ring (bicyclic) bond motifs is 1. The molecule has 3 N–H and O–H groups in total. The van der Waals surface area contributed by atoms with Gasteiger partial charge in [0.25, 0.3) is 5.91 Å². The average molecular weight is 321 g/mol. The number of hydrogen-bond acceptors (Lipinski definition) is 3. The molecule has 1 aromatic carbocycles. The lowest BCUT2D eigenvalue weighted by Crippen LogP contribution is -2.29. The van der Waals surface area contributed by atoms with E-state index in [1.165, 1.54) is 23.8 Å². The molecule has 0 fully saturated rings. The predicted octanol–water partition coefficient (Wildman–Crippen LogP) is 3.01. The highest BCUT2D eigenvalue weighted by Gasteiger charge is 2.20. The number of nitrogens with one attached hydrogen (secondary N) is 1. The van der Waals surface area contributed by atoms with Gasteiger partial charge in [-0.2, -0.15) is 0 Å². The van der Waals surface area contributed by atoms with Gasteiger partial charge in [0, 0.05) is 12.5 Å². The minimum atomic E-state index is -0.0958. The summed E-state index contributed by atoms with van der Waals surface area (Å²) in [5, 5.41) is 3.01. The van der Waals surface area contributed by atoms with Crippen molar-refractivity contribution in [3.05, 3.63) is 59.0 Å². The van der Waals surface area contributed by atoms with Crippen LogP contribution in [0.2, 0.25) is 0 Å². The Hall–Kier alpha value is -1.78. The average Bonchev–Trinajstić information content (AvgIpc) is 3.01. The van der Waals surface area contributed by atoms with Gasteiger partial charge in [-0.25, -0.2) is 0 Å². The van der Waals surface area contributed by atoms with E-state index in [-0.39, 0.29) is 18.3 Å². The van der Waals surface area contributed by atoms with Crippen LogP contribution in [0.1, 0.15) is 46.0 Å². The molecule has 4 nitrogen and oxygen atoms in total. The molecule has 2 aromatic rings. The van der Waals surface area contributed by atoms with Crippen LogP contribution in [0.3, 0.4) is 0 Å². The number of aryl methyl sites for hydroxylation is 1. The number of furan rings is 1. The quantitative estimate of drug-likeness (QED) is 0.910. The smallest absolute Gasteiger partial charge is 0.254 e. The van der Waals surface area contributed by atoms with Crippen LogP contribution in [0.5, 0.6) is 0 Å². The van der Waals surface area contributed by atoms with E-state index in [1.54, 1.807) is 6.07 Å². The summed E-state index contributed by atoms with van der Waals surface area (Å²) in [5.74, 6) is 0.935. The van der Waals surface area contributed by atoms with Gasteiger partial charge in [0.1, 0.15) is 12.0 Å². The van der Waals surface area contributed by atoms with Crippen LogP contribution in [0, 0.1) is 0 Å². The van der Waals surface area contributed by atoms with E-state index in [4.69, 9.17) is 10.2 Å². The standard InChI is InChI=1S/C17H20N2O2.ClH/c18-9-15-8-14(11-21-15)17(20)19-10-13-6-3-5-12-4-1-2-7-16(12)13;/h1-2,4,7-8,11,13H,3,5-6,9-10,18H2,(H,19,20);1H. The molecule has 1 aromatic heterocycles. The summed E-state index contributed by atoms with van der Waals surface area (Å²) in [5.41, 5.74) is 8.81. The zero-order valence-corrected chi connectivity index (χ0v) is 13.2. The monoisotopic (exact) mass is 320 g/mol. The fourth-order valence-electron chi connectivity index (χ4n) is 2.99. The van der Waals surface area contributed by atoms with Gasteiger partial charge in [0.15, 0.2) is 0 Å². The van der Waals surface area contributed by atoms with E-state index >= 15 is 0 Å². The Morgan fingerprint density at radius 1 is 1.36 bits per heavy atom. The maximum absolute atomic E-state index is 12.1. The van der Waals surface area contributed by atoms with Gasteiger partial charge in [0.2, 0.25) is 0 Å². The number of amides is 1. The van der Waals surface area contributed by atoms with Crippen LogP contribution in [-0.2, 0) is 13.0 Å². The number of rotatable bonds is 4. The topological polar surface area (TPSA) is 68.3 Å². The Morgan fingerprint density at radius 3 is 2.95 bits per heavy atom. The molecular weight excluding hydrogens is 300 g/mol. The van der Waals surface area contributed by atoms with Crippen molar-refractivity contribution in [1.82, 2.24) is 5.32 Å². The van der Waals surface area contributed by atoms with Crippen LogP contribution in [0.25, 0.3) is 0 Å². The Morgan fingerprint density at radius 2 is 2.18 bits per heavy atom. The SMILES string of the molecule is Cl.NCc1cc(C(=O)NCC2CCCc3ccccc32)co1. The van der Waals surface area contributed by atoms with E-state index in [1.807, 2.05) is 0 Å². The molecule has 1 amide bonds. The third-order valence-corrected chi connectivity index (χ3v) is 4.12. The first kappa shape index (κ1) is 16.6. The first-order valence-electron chi connectivity index (χ1n) is 7.41. The molecule has 22 heavy (non-hydrogen) atoms. The van der Waals surface area contributed by atoms with Crippen LogP contribution in [0.4, 0.5) is 0 Å². The largest absolute Gasteiger partial charge is 0.467 e. The summed E-state index contributed by atoms with van der Waals surface area (Å²) in [7, 11) is 0. The number of halogens is 1. The van der Waals surface area contributed by atoms with Gasteiger partial charge in [-0.05, 0) is 36.5 Å². The second-order valence-corrected chi connectivity index (χ2v) is 5.50. The van der Waals surface area contributed by atoms with Gasteiger partial charge in [-0.1, -0.05) is 24.3 Å². The maximum atomic E-state index is 12.1. The molecule has 5 heteroatoms. The molecule has 0 bridgehead atoms. The molecule has 0 saturated carbocycles. The first-order valence-corrected chi connectivity index (χ1v) is 7.41. The van der Waals surface area contributed by atoms with E-state index < -0.39 is 0 Å². The van der Waals surface area contributed by atoms with Gasteiger partial charge < -0.3 is 15.5 Å². The number of nitrogens with two attached hydrogens (primary N) is 1. The Bertz CT molecular complexity index is 639. The van der Waals surface area contributed by atoms with Gasteiger partial charge in [0.05, 0.1) is 12.1 Å². The summed E-state index contributed by atoms with van der Waals surface area (Å²) < 4.78 is 5.20. The summed E-state index contributed by atoms with van der Waals surface area (Å²) in [6.07, 6.45) is 4.91. The van der Waals surface area contributed by atoms with Crippen molar-refractivity contribution in [2.24, 2.45) is 5.73 Å². The highest BCUT2D eigenvalue weighted by Crippen LogP contribution is 2.30. The molecule has 1 unspecified atom stereocenters. The molecule has 118 valence electrons. The minimum absolute atomic E-state index is 0. The fraction of sp³-hybridized carbons (Fsp3) is 0.353. The maximum Gasteiger partial charge on any atom is 0.254 e. The van der Waals surface area contributed by atoms with Crippen molar-refractivity contribution < 1.29 is 9.21 Å². The van der Waals surface area contributed by atoms with E-state index in [9.17, 15) is 4.79 Å². The highest BCUT2D eigenvalue weighted by atomic mass is 35.5. The fourth-order valence-corrected chi connectivity index (χ4v) is 2.99. The van der Waals surface area contributed by atoms with Crippen LogP contribution in [0.15, 0.2) is 41.0 Å². The molecule has 1 heterocycles. The minimum Gasteiger partial charge on any atom is -0.467 e. The Balaban J connectivity index is 0.00000176. The summed E-state index contributed by atoms with van der Waals surface area (Å²) in [4.78, 5) is 12.1. The van der Waals surface area contributed by atoms with E-state index in [2.05, 4.69) is 29.6 Å². The second kappa shape index (κ2) is 7.47. The van der Waals surface area contributed by atoms with Crippen molar-refractivity contribution in [3.8, 4) is 0 Å². The summed E-state index contributed by atoms with van der Waals surface area (Å²) in [6, 6.07) is 10.2. The van der Waals surface area contributed by atoms with Crippen LogP contribution < -0.4 is 11.1 Å². The molecule has 0 radical (unpaired) electrons. The zero-order chi connectivity index (χ0) is 14.7.